The highest BCUT2D eigenvalue weighted by Crippen LogP contribution is 2.20. The molecule has 5 nitrogen and oxygen atoms in total. The van der Waals surface area contributed by atoms with Crippen molar-refractivity contribution in [1.82, 2.24) is 4.98 Å². The molecular weight excluding hydrogens is 302 g/mol. The lowest BCUT2D eigenvalue weighted by molar-refractivity contribution is 0.101. The van der Waals surface area contributed by atoms with Gasteiger partial charge < -0.3 is 4.18 Å². The van der Waals surface area contributed by atoms with Gasteiger partial charge in [0, 0.05) is 5.56 Å². The fraction of sp³-hybridized carbons (Fsp3) is 0.0769. The largest absolute Gasteiger partial charge is 0.379 e. The monoisotopic (exact) mass is 311 g/mol. The summed E-state index contributed by atoms with van der Waals surface area (Å²) in [5.41, 5.74) is 0.368. The molecule has 0 unspecified atom stereocenters. The Morgan fingerprint density at radius 1 is 1.25 bits per heavy atom. The highest BCUT2D eigenvalue weighted by molar-refractivity contribution is 7.87. The van der Waals surface area contributed by atoms with E-state index in [-0.39, 0.29) is 21.6 Å². The zero-order valence-electron chi connectivity index (χ0n) is 10.4. The van der Waals surface area contributed by atoms with Crippen molar-refractivity contribution < 1.29 is 17.4 Å². The standard InChI is InChI=1S/C13H10ClNO4S/c1-9(16)10-3-2-4-11(7-10)19-20(17,18)12-5-6-13(14)15-8-12/h2-8H,1H3. The van der Waals surface area contributed by atoms with Crippen LogP contribution in [0.2, 0.25) is 5.15 Å². The molecule has 0 N–H and O–H groups in total. The van der Waals surface area contributed by atoms with Crippen LogP contribution in [-0.2, 0) is 10.1 Å². The number of hydrogen-bond donors (Lipinski definition) is 0. The molecule has 0 atom stereocenters. The van der Waals surface area contributed by atoms with Crippen LogP contribution in [0.5, 0.6) is 5.75 Å². The Balaban J connectivity index is 2.31. The molecule has 0 radical (unpaired) electrons. The minimum Gasteiger partial charge on any atom is -0.379 e. The summed E-state index contributed by atoms with van der Waals surface area (Å²) in [5, 5.41) is 0.183. The van der Waals surface area contributed by atoms with Gasteiger partial charge in [-0.2, -0.15) is 8.42 Å². The lowest BCUT2D eigenvalue weighted by Crippen LogP contribution is -2.10. The maximum atomic E-state index is 12.0. The van der Waals surface area contributed by atoms with E-state index in [1.165, 1.54) is 31.2 Å². The van der Waals surface area contributed by atoms with Gasteiger partial charge in [-0.05, 0) is 31.2 Å². The molecule has 0 saturated heterocycles. The molecular formula is C13H10ClNO4S. The second kappa shape index (κ2) is 5.60. The van der Waals surface area contributed by atoms with E-state index in [1.807, 2.05) is 0 Å². The smallest absolute Gasteiger partial charge is 0.340 e. The van der Waals surface area contributed by atoms with Crippen LogP contribution in [0.3, 0.4) is 0 Å². The van der Waals surface area contributed by atoms with Crippen LogP contribution in [0.1, 0.15) is 17.3 Å². The van der Waals surface area contributed by atoms with Gasteiger partial charge in [0.1, 0.15) is 15.8 Å². The van der Waals surface area contributed by atoms with Crippen LogP contribution in [0, 0.1) is 0 Å². The normalized spacial score (nSPS) is 11.1. The number of rotatable bonds is 4. The first-order valence-corrected chi connectivity index (χ1v) is 7.34. The number of nitrogens with zero attached hydrogens (tertiary/aromatic N) is 1. The van der Waals surface area contributed by atoms with E-state index in [1.54, 1.807) is 12.1 Å². The molecule has 2 rings (SSSR count). The van der Waals surface area contributed by atoms with Crippen LogP contribution in [-0.4, -0.2) is 19.2 Å². The summed E-state index contributed by atoms with van der Waals surface area (Å²) in [5.74, 6) is -0.117. The number of carbonyl (C=O) groups is 1. The van der Waals surface area contributed by atoms with Crippen LogP contribution in [0.4, 0.5) is 0 Å². The van der Waals surface area contributed by atoms with Crippen molar-refractivity contribution in [1.29, 1.82) is 0 Å². The first-order chi connectivity index (χ1) is 9.38. The minimum absolute atomic E-state index is 0.0626. The SMILES string of the molecule is CC(=O)c1cccc(OS(=O)(=O)c2ccc(Cl)nc2)c1. The van der Waals surface area contributed by atoms with E-state index in [2.05, 4.69) is 4.98 Å². The molecule has 0 saturated carbocycles. The summed E-state index contributed by atoms with van der Waals surface area (Å²) in [6.45, 7) is 1.39. The molecule has 0 aliphatic rings. The van der Waals surface area contributed by atoms with Crippen molar-refractivity contribution >= 4 is 27.5 Å². The summed E-state index contributed by atoms with van der Waals surface area (Å²) in [4.78, 5) is 14.8. The number of benzene rings is 1. The molecule has 0 amide bonds. The van der Waals surface area contributed by atoms with Crippen molar-refractivity contribution in [3.05, 3.63) is 53.3 Å². The van der Waals surface area contributed by atoms with Crippen LogP contribution < -0.4 is 4.18 Å². The molecule has 2 aromatic rings. The third-order valence-electron chi connectivity index (χ3n) is 2.44. The quantitative estimate of drug-likeness (QED) is 0.493. The summed E-state index contributed by atoms with van der Waals surface area (Å²) >= 11 is 5.59. The Morgan fingerprint density at radius 2 is 2.00 bits per heavy atom. The third-order valence-corrected chi connectivity index (χ3v) is 3.89. The molecule has 0 aliphatic heterocycles. The fourth-order valence-corrected chi connectivity index (χ4v) is 2.43. The maximum Gasteiger partial charge on any atom is 0.340 e. The first-order valence-electron chi connectivity index (χ1n) is 5.55. The van der Waals surface area contributed by atoms with Gasteiger partial charge in [0.25, 0.3) is 0 Å². The molecule has 1 aromatic heterocycles. The van der Waals surface area contributed by atoms with Crippen molar-refractivity contribution in [2.75, 3.05) is 0 Å². The summed E-state index contributed by atoms with van der Waals surface area (Å²) in [7, 11) is -4.00. The van der Waals surface area contributed by atoms with E-state index in [9.17, 15) is 13.2 Å². The molecule has 20 heavy (non-hydrogen) atoms. The van der Waals surface area contributed by atoms with Gasteiger partial charge >= 0.3 is 10.1 Å². The minimum atomic E-state index is -4.00. The molecule has 7 heteroatoms. The Morgan fingerprint density at radius 3 is 2.60 bits per heavy atom. The number of ketones is 1. The van der Waals surface area contributed by atoms with E-state index < -0.39 is 10.1 Å². The Hall–Kier alpha value is -1.92. The molecule has 0 bridgehead atoms. The Labute approximate surface area is 121 Å². The number of hydrogen-bond acceptors (Lipinski definition) is 5. The van der Waals surface area contributed by atoms with Crippen molar-refractivity contribution in [2.24, 2.45) is 0 Å². The predicted octanol–water partition coefficient (Wildman–Crippen LogP) is 2.71. The fourth-order valence-electron chi connectivity index (χ4n) is 1.45. The van der Waals surface area contributed by atoms with Crippen molar-refractivity contribution in [3.63, 3.8) is 0 Å². The van der Waals surface area contributed by atoms with E-state index in [4.69, 9.17) is 15.8 Å². The topological polar surface area (TPSA) is 73.3 Å². The third kappa shape index (κ3) is 3.34. The van der Waals surface area contributed by atoms with Gasteiger partial charge in [-0.15, -0.1) is 0 Å². The average molecular weight is 312 g/mol. The van der Waals surface area contributed by atoms with Gasteiger partial charge in [0.15, 0.2) is 5.78 Å². The number of pyridine rings is 1. The second-order valence-corrected chi connectivity index (χ2v) is 5.87. The Kier molecular flexibility index (Phi) is 4.06. The van der Waals surface area contributed by atoms with Gasteiger partial charge in [0.05, 0.1) is 6.20 Å². The molecule has 0 spiro atoms. The number of aromatic nitrogens is 1. The molecule has 0 fully saturated rings. The van der Waals surface area contributed by atoms with Crippen molar-refractivity contribution in [2.45, 2.75) is 11.8 Å². The van der Waals surface area contributed by atoms with Crippen LogP contribution >= 0.6 is 11.6 Å². The summed E-state index contributed by atoms with van der Waals surface area (Å²) in [6, 6.07) is 8.58. The van der Waals surface area contributed by atoms with Gasteiger partial charge in [-0.1, -0.05) is 23.7 Å². The number of halogens is 1. The predicted molar refractivity (Wildman–Crippen MR) is 73.5 cm³/mol. The number of Topliss-reactive ketones (excluding diaryl/α,β-unsaturated/α-hetero) is 1. The molecule has 1 aromatic carbocycles. The summed E-state index contributed by atoms with van der Waals surface area (Å²) < 4.78 is 29.0. The van der Waals surface area contributed by atoms with Gasteiger partial charge in [-0.25, -0.2) is 4.98 Å². The molecule has 104 valence electrons. The van der Waals surface area contributed by atoms with E-state index in [0.29, 0.717) is 5.56 Å². The van der Waals surface area contributed by atoms with E-state index >= 15 is 0 Å². The summed E-state index contributed by atoms with van der Waals surface area (Å²) in [6.07, 6.45) is 1.10. The second-order valence-electron chi connectivity index (χ2n) is 3.94. The van der Waals surface area contributed by atoms with Gasteiger partial charge in [-0.3, -0.25) is 4.79 Å². The van der Waals surface area contributed by atoms with Crippen LogP contribution in [0.15, 0.2) is 47.5 Å². The van der Waals surface area contributed by atoms with Gasteiger partial charge in [0.2, 0.25) is 0 Å². The number of carbonyl (C=O) groups excluding carboxylic acids is 1. The lowest BCUT2D eigenvalue weighted by Gasteiger charge is -2.07. The molecule has 0 aliphatic carbocycles. The Bertz CT molecular complexity index is 741. The zero-order chi connectivity index (χ0) is 14.8. The first kappa shape index (κ1) is 14.5. The maximum absolute atomic E-state index is 12.0. The van der Waals surface area contributed by atoms with Crippen LogP contribution in [0.25, 0.3) is 0 Å². The highest BCUT2D eigenvalue weighted by atomic mass is 35.5. The lowest BCUT2D eigenvalue weighted by atomic mass is 10.1. The average Bonchev–Trinajstić information content (AvgIpc) is 2.39. The van der Waals surface area contributed by atoms with Crippen molar-refractivity contribution in [3.8, 4) is 5.75 Å². The highest BCUT2D eigenvalue weighted by Gasteiger charge is 2.17. The zero-order valence-corrected chi connectivity index (χ0v) is 12.0. The van der Waals surface area contributed by atoms with E-state index in [0.717, 1.165) is 6.20 Å². The molecule has 1 heterocycles.